The summed E-state index contributed by atoms with van der Waals surface area (Å²) < 4.78 is 0.983. The van der Waals surface area contributed by atoms with Crippen molar-refractivity contribution in [2.45, 2.75) is 0 Å². The van der Waals surface area contributed by atoms with Crippen LogP contribution in [0.15, 0.2) is 82.4 Å². The number of nitrogens with zero attached hydrogens (tertiary/aromatic N) is 1. The summed E-state index contributed by atoms with van der Waals surface area (Å²) in [7, 11) is 0. The number of para-hydroxylation sites is 1. The third kappa shape index (κ3) is 3.72. The van der Waals surface area contributed by atoms with E-state index in [1.54, 1.807) is 12.3 Å². The number of rotatable bonds is 4. The van der Waals surface area contributed by atoms with Crippen LogP contribution in [0.4, 0.5) is 0 Å². The number of carbonyl (C=O) groups is 1. The van der Waals surface area contributed by atoms with E-state index in [0.29, 0.717) is 10.7 Å². The summed E-state index contributed by atoms with van der Waals surface area (Å²) in [4.78, 5) is 16.0. The lowest BCUT2D eigenvalue weighted by Crippen LogP contribution is -2.18. The number of halogens is 2. The molecule has 2 N–H and O–H groups in total. The second-order valence-corrected chi connectivity index (χ2v) is 7.48. The van der Waals surface area contributed by atoms with Crippen LogP contribution in [0.1, 0.15) is 16.1 Å². The lowest BCUT2D eigenvalue weighted by molar-refractivity contribution is 0.0951. The van der Waals surface area contributed by atoms with E-state index >= 15 is 0 Å². The highest BCUT2D eigenvalue weighted by molar-refractivity contribution is 9.10. The first kappa shape index (κ1) is 18.5. The van der Waals surface area contributed by atoms with E-state index in [0.717, 1.165) is 32.1 Å². The molecule has 3 aromatic carbocycles. The normalized spacial score (nSPS) is 11.2. The summed E-state index contributed by atoms with van der Waals surface area (Å²) in [5.41, 5.74) is 6.35. The second-order valence-electron chi connectivity index (χ2n) is 6.15. The lowest BCUT2D eigenvalue weighted by Gasteiger charge is -2.04. The van der Waals surface area contributed by atoms with Gasteiger partial charge in [0.25, 0.3) is 5.91 Å². The number of hydrazone groups is 1. The first-order valence-electron chi connectivity index (χ1n) is 8.58. The van der Waals surface area contributed by atoms with Crippen LogP contribution in [-0.2, 0) is 0 Å². The van der Waals surface area contributed by atoms with E-state index in [4.69, 9.17) is 11.6 Å². The minimum Gasteiger partial charge on any atom is -0.349 e. The number of aromatic nitrogens is 1. The molecule has 4 aromatic rings. The Bertz CT molecular complexity index is 1170. The summed E-state index contributed by atoms with van der Waals surface area (Å²) in [6.45, 7) is 0. The van der Waals surface area contributed by atoms with Crippen LogP contribution in [-0.4, -0.2) is 17.1 Å². The number of fused-ring (bicyclic) bond motifs is 1. The molecule has 0 saturated carbocycles. The van der Waals surface area contributed by atoms with Gasteiger partial charge < -0.3 is 4.98 Å². The van der Waals surface area contributed by atoms with Crippen LogP contribution in [0.2, 0.25) is 5.02 Å². The van der Waals surface area contributed by atoms with E-state index in [1.165, 1.54) is 0 Å². The predicted octanol–water partition coefficient (Wildman–Crippen LogP) is 6.01. The highest BCUT2D eigenvalue weighted by atomic mass is 79.9. The van der Waals surface area contributed by atoms with Crippen molar-refractivity contribution >= 4 is 50.6 Å². The molecule has 0 spiro atoms. The Morgan fingerprint density at radius 2 is 1.75 bits per heavy atom. The van der Waals surface area contributed by atoms with Crippen molar-refractivity contribution in [3.05, 3.63) is 93.5 Å². The predicted molar refractivity (Wildman–Crippen MR) is 118 cm³/mol. The molecule has 1 aromatic heterocycles. The Kier molecular flexibility index (Phi) is 5.28. The molecule has 0 aliphatic carbocycles. The average Bonchev–Trinajstić information content (AvgIpc) is 3.11. The van der Waals surface area contributed by atoms with Gasteiger partial charge in [-0.2, -0.15) is 5.10 Å². The van der Waals surface area contributed by atoms with Crippen LogP contribution in [0.25, 0.3) is 22.0 Å². The third-order valence-corrected chi connectivity index (χ3v) is 5.17. The van der Waals surface area contributed by atoms with Gasteiger partial charge in [0.2, 0.25) is 0 Å². The maximum atomic E-state index is 12.9. The van der Waals surface area contributed by atoms with Crippen LogP contribution in [0.5, 0.6) is 0 Å². The van der Waals surface area contributed by atoms with Gasteiger partial charge in [0.1, 0.15) is 5.69 Å². The Morgan fingerprint density at radius 3 is 2.50 bits per heavy atom. The van der Waals surface area contributed by atoms with Gasteiger partial charge in [0, 0.05) is 15.4 Å². The number of H-pyrrole nitrogens is 1. The van der Waals surface area contributed by atoms with Crippen molar-refractivity contribution in [1.29, 1.82) is 0 Å². The van der Waals surface area contributed by atoms with Crippen molar-refractivity contribution in [2.75, 3.05) is 0 Å². The van der Waals surface area contributed by atoms with Crippen LogP contribution >= 0.6 is 27.5 Å². The molecule has 138 valence electrons. The molecule has 4 nitrogen and oxygen atoms in total. The molecule has 0 aliphatic rings. The SMILES string of the molecule is O=C(N/N=C\c1ccc(Br)cc1)c1[nH]c2c(Cl)cccc2c1-c1ccccc1. The summed E-state index contributed by atoms with van der Waals surface area (Å²) in [6, 6.07) is 23.0. The maximum absolute atomic E-state index is 12.9. The fraction of sp³-hybridized carbons (Fsp3) is 0. The minimum atomic E-state index is -0.334. The van der Waals surface area contributed by atoms with E-state index < -0.39 is 0 Å². The Morgan fingerprint density at radius 1 is 1.00 bits per heavy atom. The Labute approximate surface area is 175 Å². The van der Waals surface area contributed by atoms with Crippen molar-refractivity contribution in [3.63, 3.8) is 0 Å². The Hall–Kier alpha value is -2.89. The van der Waals surface area contributed by atoms with Gasteiger partial charge in [-0.05, 0) is 29.3 Å². The van der Waals surface area contributed by atoms with Crippen molar-refractivity contribution in [1.82, 2.24) is 10.4 Å². The van der Waals surface area contributed by atoms with Crippen molar-refractivity contribution in [3.8, 4) is 11.1 Å². The minimum absolute atomic E-state index is 0.334. The first-order valence-corrected chi connectivity index (χ1v) is 9.75. The third-order valence-electron chi connectivity index (χ3n) is 4.32. The summed E-state index contributed by atoms with van der Waals surface area (Å²) in [6.07, 6.45) is 1.60. The van der Waals surface area contributed by atoms with Gasteiger partial charge in [0.15, 0.2) is 0 Å². The standard InChI is InChI=1S/C22H15BrClN3O/c23-16-11-9-14(10-12-16)13-25-27-22(28)21-19(15-5-2-1-3-6-15)17-7-4-8-18(24)20(17)26-21/h1-13,26H,(H,27,28)/b25-13-. The fourth-order valence-corrected chi connectivity index (χ4v) is 3.51. The number of carbonyl (C=O) groups excluding carboxylic acids is 1. The molecule has 1 amide bonds. The molecule has 1 heterocycles. The van der Waals surface area contributed by atoms with Gasteiger partial charge in [-0.1, -0.05) is 82.1 Å². The number of benzene rings is 3. The van der Waals surface area contributed by atoms with Crippen LogP contribution < -0.4 is 5.43 Å². The maximum Gasteiger partial charge on any atom is 0.288 e. The number of amides is 1. The lowest BCUT2D eigenvalue weighted by atomic mass is 10.0. The van der Waals surface area contributed by atoms with Crippen molar-refractivity contribution < 1.29 is 4.79 Å². The van der Waals surface area contributed by atoms with Gasteiger partial charge >= 0.3 is 0 Å². The summed E-state index contributed by atoms with van der Waals surface area (Å²) >= 11 is 9.73. The highest BCUT2D eigenvalue weighted by Gasteiger charge is 2.20. The Balaban J connectivity index is 1.70. The van der Waals surface area contributed by atoms with Gasteiger partial charge in [-0.25, -0.2) is 5.43 Å². The topological polar surface area (TPSA) is 57.2 Å². The van der Waals surface area contributed by atoms with E-state index in [1.807, 2.05) is 66.7 Å². The molecule has 4 rings (SSSR count). The molecule has 28 heavy (non-hydrogen) atoms. The molecule has 0 bridgehead atoms. The van der Waals surface area contributed by atoms with E-state index in [2.05, 4.69) is 31.4 Å². The fourth-order valence-electron chi connectivity index (χ4n) is 3.03. The molecule has 0 unspecified atom stereocenters. The number of nitrogens with one attached hydrogen (secondary N) is 2. The summed E-state index contributed by atoms with van der Waals surface area (Å²) in [5.74, 6) is -0.334. The van der Waals surface area contributed by atoms with Gasteiger partial charge in [0.05, 0.1) is 16.8 Å². The van der Waals surface area contributed by atoms with Gasteiger partial charge in [-0.15, -0.1) is 0 Å². The van der Waals surface area contributed by atoms with Gasteiger partial charge in [-0.3, -0.25) is 4.79 Å². The molecule has 0 aliphatic heterocycles. The number of aromatic amines is 1. The highest BCUT2D eigenvalue weighted by Crippen LogP contribution is 2.35. The smallest absolute Gasteiger partial charge is 0.288 e. The summed E-state index contributed by atoms with van der Waals surface area (Å²) in [5, 5.41) is 5.53. The van der Waals surface area contributed by atoms with E-state index in [9.17, 15) is 4.79 Å². The van der Waals surface area contributed by atoms with Crippen LogP contribution in [0.3, 0.4) is 0 Å². The van der Waals surface area contributed by atoms with E-state index in [-0.39, 0.29) is 5.91 Å². The monoisotopic (exact) mass is 451 g/mol. The molecule has 0 atom stereocenters. The molecule has 0 fully saturated rings. The molecule has 0 saturated heterocycles. The molecular weight excluding hydrogens is 438 g/mol. The number of hydrogen-bond donors (Lipinski definition) is 2. The number of hydrogen-bond acceptors (Lipinski definition) is 2. The zero-order valence-corrected chi connectivity index (χ0v) is 17.0. The quantitative estimate of drug-likeness (QED) is 0.289. The molecule has 0 radical (unpaired) electrons. The zero-order chi connectivity index (χ0) is 19.5. The molecular formula is C22H15BrClN3O. The van der Waals surface area contributed by atoms with Crippen LogP contribution in [0, 0.1) is 0 Å². The molecule has 6 heteroatoms. The zero-order valence-electron chi connectivity index (χ0n) is 14.6. The largest absolute Gasteiger partial charge is 0.349 e. The second kappa shape index (κ2) is 8.00. The van der Waals surface area contributed by atoms with Crippen molar-refractivity contribution in [2.24, 2.45) is 5.10 Å². The first-order chi connectivity index (χ1) is 13.6. The average molecular weight is 453 g/mol.